The Balaban J connectivity index is 1.83. The summed E-state index contributed by atoms with van der Waals surface area (Å²) in [6.45, 7) is 2.12. The molecule has 2 heterocycles. The van der Waals surface area contributed by atoms with Crippen LogP contribution in [0.2, 0.25) is 0 Å². The molecule has 2 aliphatic rings. The number of hydrogen-bond donors (Lipinski definition) is 1. The molecule has 70 valence electrons. The van der Waals surface area contributed by atoms with Crippen LogP contribution in [-0.4, -0.2) is 37.3 Å². The summed E-state index contributed by atoms with van der Waals surface area (Å²) in [4.78, 5) is 0. The van der Waals surface area contributed by atoms with Gasteiger partial charge in [-0.3, -0.25) is 0 Å². The molecule has 2 nitrogen and oxygen atoms in total. The van der Waals surface area contributed by atoms with E-state index < -0.39 is 0 Å². The molecule has 1 unspecified atom stereocenters. The van der Waals surface area contributed by atoms with Gasteiger partial charge in [0.05, 0.1) is 5.60 Å². The topological polar surface area (TPSA) is 21.3 Å². The largest absolute Gasteiger partial charge is 0.376 e. The Hall–Kier alpha value is 0.270. The molecule has 1 N–H and O–H groups in total. The standard InChI is InChI=1S/C9H17NOS/c1-11-9(6-10-7-9)4-8-2-3-12-5-8/h8,10H,2-7H2,1H3. The third kappa shape index (κ3) is 1.63. The van der Waals surface area contributed by atoms with E-state index in [-0.39, 0.29) is 5.60 Å². The summed E-state index contributed by atoms with van der Waals surface area (Å²) < 4.78 is 5.56. The highest BCUT2D eigenvalue weighted by molar-refractivity contribution is 7.99. The van der Waals surface area contributed by atoms with E-state index in [0.717, 1.165) is 19.0 Å². The van der Waals surface area contributed by atoms with Crippen LogP contribution in [-0.2, 0) is 4.74 Å². The zero-order valence-corrected chi connectivity index (χ0v) is 8.45. The van der Waals surface area contributed by atoms with E-state index in [1.54, 1.807) is 0 Å². The quantitative estimate of drug-likeness (QED) is 0.715. The molecular formula is C9H17NOS. The van der Waals surface area contributed by atoms with Gasteiger partial charge in [0, 0.05) is 20.2 Å². The van der Waals surface area contributed by atoms with Crippen molar-refractivity contribution in [3.05, 3.63) is 0 Å². The van der Waals surface area contributed by atoms with Crippen LogP contribution in [0, 0.1) is 5.92 Å². The molecule has 0 saturated carbocycles. The van der Waals surface area contributed by atoms with Gasteiger partial charge in [0.2, 0.25) is 0 Å². The highest BCUT2D eigenvalue weighted by atomic mass is 32.2. The van der Waals surface area contributed by atoms with E-state index in [9.17, 15) is 0 Å². The summed E-state index contributed by atoms with van der Waals surface area (Å²) in [5.74, 6) is 3.63. The van der Waals surface area contributed by atoms with Crippen molar-refractivity contribution >= 4 is 11.8 Å². The van der Waals surface area contributed by atoms with E-state index >= 15 is 0 Å². The molecule has 0 aromatic rings. The van der Waals surface area contributed by atoms with Crippen molar-refractivity contribution in [1.29, 1.82) is 0 Å². The van der Waals surface area contributed by atoms with Gasteiger partial charge in [0.1, 0.15) is 0 Å². The lowest BCUT2D eigenvalue weighted by molar-refractivity contribution is -0.0656. The zero-order chi connectivity index (χ0) is 8.44. The van der Waals surface area contributed by atoms with Crippen molar-refractivity contribution in [2.24, 2.45) is 5.92 Å². The minimum Gasteiger partial charge on any atom is -0.376 e. The van der Waals surface area contributed by atoms with E-state index in [4.69, 9.17) is 4.74 Å². The Labute approximate surface area is 78.4 Å². The van der Waals surface area contributed by atoms with Gasteiger partial charge in [-0.2, -0.15) is 11.8 Å². The third-order valence-corrected chi connectivity index (χ3v) is 4.24. The average Bonchev–Trinajstić information content (AvgIpc) is 2.49. The van der Waals surface area contributed by atoms with E-state index in [2.05, 4.69) is 17.1 Å². The van der Waals surface area contributed by atoms with Crippen LogP contribution in [0.15, 0.2) is 0 Å². The average molecular weight is 187 g/mol. The molecule has 0 aromatic heterocycles. The summed E-state index contributed by atoms with van der Waals surface area (Å²) in [6.07, 6.45) is 2.67. The molecule has 2 rings (SSSR count). The van der Waals surface area contributed by atoms with Crippen LogP contribution in [0.5, 0.6) is 0 Å². The van der Waals surface area contributed by atoms with Crippen LogP contribution in [0.1, 0.15) is 12.8 Å². The molecule has 0 amide bonds. The molecule has 1 atom stereocenters. The number of methoxy groups -OCH3 is 1. The van der Waals surface area contributed by atoms with Crippen molar-refractivity contribution in [2.45, 2.75) is 18.4 Å². The second-order valence-electron chi connectivity index (χ2n) is 3.92. The summed E-state index contributed by atoms with van der Waals surface area (Å²) >= 11 is 2.09. The van der Waals surface area contributed by atoms with Gasteiger partial charge < -0.3 is 10.1 Å². The molecule has 0 spiro atoms. The fourth-order valence-electron chi connectivity index (χ4n) is 2.05. The predicted molar refractivity (Wildman–Crippen MR) is 52.7 cm³/mol. The lowest BCUT2D eigenvalue weighted by Crippen LogP contribution is -2.61. The number of nitrogens with one attached hydrogen (secondary N) is 1. The number of thioether (sulfide) groups is 1. The van der Waals surface area contributed by atoms with Gasteiger partial charge in [0.15, 0.2) is 0 Å². The zero-order valence-electron chi connectivity index (χ0n) is 7.64. The van der Waals surface area contributed by atoms with Gasteiger partial charge in [-0.25, -0.2) is 0 Å². The van der Waals surface area contributed by atoms with E-state index in [0.29, 0.717) is 0 Å². The normalized spacial score (nSPS) is 33.2. The van der Waals surface area contributed by atoms with Crippen molar-refractivity contribution in [2.75, 3.05) is 31.7 Å². The molecule has 2 aliphatic heterocycles. The van der Waals surface area contributed by atoms with Gasteiger partial charge >= 0.3 is 0 Å². The third-order valence-electron chi connectivity index (χ3n) is 3.01. The summed E-state index contributed by atoms with van der Waals surface area (Å²) in [6, 6.07) is 0. The molecule has 0 aromatic carbocycles. The first-order valence-corrected chi connectivity index (χ1v) is 5.84. The van der Waals surface area contributed by atoms with Crippen molar-refractivity contribution in [3.8, 4) is 0 Å². The van der Waals surface area contributed by atoms with Crippen LogP contribution < -0.4 is 5.32 Å². The monoisotopic (exact) mass is 187 g/mol. The SMILES string of the molecule is COC1(CC2CCSC2)CNC1. The van der Waals surface area contributed by atoms with Gasteiger partial charge in [0.25, 0.3) is 0 Å². The molecule has 2 saturated heterocycles. The smallest absolute Gasteiger partial charge is 0.0928 e. The van der Waals surface area contributed by atoms with E-state index in [1.807, 2.05) is 7.11 Å². The Morgan fingerprint density at radius 1 is 1.58 bits per heavy atom. The maximum Gasteiger partial charge on any atom is 0.0928 e. The molecular weight excluding hydrogens is 170 g/mol. The minimum atomic E-state index is 0.204. The van der Waals surface area contributed by atoms with Crippen LogP contribution in [0.25, 0.3) is 0 Å². The van der Waals surface area contributed by atoms with Crippen LogP contribution >= 0.6 is 11.8 Å². The summed E-state index contributed by atoms with van der Waals surface area (Å²) in [7, 11) is 1.85. The maximum absolute atomic E-state index is 5.56. The fourth-order valence-corrected chi connectivity index (χ4v) is 3.33. The molecule has 2 fully saturated rings. The Kier molecular flexibility index (Phi) is 2.63. The highest BCUT2D eigenvalue weighted by Gasteiger charge is 2.39. The van der Waals surface area contributed by atoms with Gasteiger partial charge in [-0.15, -0.1) is 0 Å². The van der Waals surface area contributed by atoms with E-state index in [1.165, 1.54) is 24.3 Å². The number of hydrogen-bond acceptors (Lipinski definition) is 3. The van der Waals surface area contributed by atoms with Crippen LogP contribution in [0.4, 0.5) is 0 Å². The molecule has 0 aliphatic carbocycles. The van der Waals surface area contributed by atoms with Crippen molar-refractivity contribution < 1.29 is 4.74 Å². The second-order valence-corrected chi connectivity index (χ2v) is 5.07. The highest BCUT2D eigenvalue weighted by Crippen LogP contribution is 2.33. The first-order chi connectivity index (χ1) is 5.85. The fraction of sp³-hybridized carbons (Fsp3) is 1.00. The van der Waals surface area contributed by atoms with Crippen LogP contribution in [0.3, 0.4) is 0 Å². The summed E-state index contributed by atoms with van der Waals surface area (Å²) in [5, 5.41) is 3.30. The lowest BCUT2D eigenvalue weighted by atomic mass is 9.85. The molecule has 0 bridgehead atoms. The second kappa shape index (κ2) is 3.56. The lowest BCUT2D eigenvalue weighted by Gasteiger charge is -2.42. The number of ether oxygens (including phenoxy) is 1. The van der Waals surface area contributed by atoms with Gasteiger partial charge in [-0.05, 0) is 30.3 Å². The Morgan fingerprint density at radius 3 is 2.83 bits per heavy atom. The van der Waals surface area contributed by atoms with Crippen molar-refractivity contribution in [1.82, 2.24) is 5.32 Å². The van der Waals surface area contributed by atoms with Gasteiger partial charge in [-0.1, -0.05) is 0 Å². The molecule has 12 heavy (non-hydrogen) atoms. The Morgan fingerprint density at radius 2 is 2.42 bits per heavy atom. The summed E-state index contributed by atoms with van der Waals surface area (Å²) in [5.41, 5.74) is 0.204. The molecule has 0 radical (unpaired) electrons. The Bertz CT molecular complexity index is 147. The first kappa shape index (κ1) is 8.85. The molecule has 3 heteroatoms. The predicted octanol–water partition coefficient (Wildman–Crippen LogP) is 1.12. The minimum absolute atomic E-state index is 0.204. The van der Waals surface area contributed by atoms with Crippen molar-refractivity contribution in [3.63, 3.8) is 0 Å². The number of rotatable bonds is 3. The maximum atomic E-state index is 5.56. The first-order valence-electron chi connectivity index (χ1n) is 4.68.